The van der Waals surface area contributed by atoms with Gasteiger partial charge in [-0.05, 0) is 38.3 Å². The first-order valence-corrected chi connectivity index (χ1v) is 7.63. The van der Waals surface area contributed by atoms with Crippen LogP contribution in [0.4, 0.5) is 5.69 Å². The molecule has 2 aliphatic rings. The number of carbonyl (C=O) groups excluding carboxylic acids is 2. The van der Waals surface area contributed by atoms with Crippen molar-refractivity contribution in [3.63, 3.8) is 0 Å². The Hall–Kier alpha value is -2.57. The van der Waals surface area contributed by atoms with E-state index in [4.69, 9.17) is 4.74 Å². The molecule has 2 heterocycles. The van der Waals surface area contributed by atoms with E-state index in [1.807, 2.05) is 0 Å². The van der Waals surface area contributed by atoms with E-state index in [9.17, 15) is 19.5 Å². The number of hydrogen-bond donors (Lipinski definition) is 2. The number of benzene rings is 1. The van der Waals surface area contributed by atoms with Gasteiger partial charge in [-0.15, -0.1) is 0 Å². The predicted octanol–water partition coefficient (Wildman–Crippen LogP) is 1.49. The van der Waals surface area contributed by atoms with Crippen molar-refractivity contribution >= 4 is 23.5 Å². The molecule has 23 heavy (non-hydrogen) atoms. The summed E-state index contributed by atoms with van der Waals surface area (Å²) in [6.45, 7) is 2.00. The van der Waals surface area contributed by atoms with Crippen LogP contribution in [0.25, 0.3) is 0 Å². The molecular formula is C16H18N2O5. The van der Waals surface area contributed by atoms with Crippen LogP contribution >= 0.6 is 0 Å². The van der Waals surface area contributed by atoms with E-state index < -0.39 is 18.1 Å². The maximum absolute atomic E-state index is 12.8. The number of amides is 2. The van der Waals surface area contributed by atoms with E-state index in [1.165, 1.54) is 4.90 Å². The van der Waals surface area contributed by atoms with Gasteiger partial charge in [-0.1, -0.05) is 6.07 Å². The molecule has 2 aliphatic heterocycles. The van der Waals surface area contributed by atoms with Gasteiger partial charge in [0.25, 0.3) is 11.8 Å². The third kappa shape index (κ3) is 2.74. The zero-order chi connectivity index (χ0) is 16.6. The van der Waals surface area contributed by atoms with Crippen molar-refractivity contribution in [3.8, 4) is 5.75 Å². The van der Waals surface area contributed by atoms with Crippen LogP contribution in [0.5, 0.6) is 5.75 Å². The van der Waals surface area contributed by atoms with Crippen LogP contribution in [0.1, 0.15) is 36.5 Å². The summed E-state index contributed by atoms with van der Waals surface area (Å²) in [5.41, 5.74) is 0.713. The largest absolute Gasteiger partial charge is 0.480 e. The summed E-state index contributed by atoms with van der Waals surface area (Å²) in [6.07, 6.45) is 1.31. The second-order valence-corrected chi connectivity index (χ2v) is 5.78. The Morgan fingerprint density at radius 1 is 1.35 bits per heavy atom. The Kier molecular flexibility index (Phi) is 3.94. The second kappa shape index (κ2) is 5.91. The number of fused-ring (bicyclic) bond motifs is 1. The number of carboxylic acids is 1. The summed E-state index contributed by atoms with van der Waals surface area (Å²) < 4.78 is 5.58. The first kappa shape index (κ1) is 15.3. The lowest BCUT2D eigenvalue weighted by Crippen LogP contribution is -2.48. The van der Waals surface area contributed by atoms with E-state index in [1.54, 1.807) is 25.1 Å². The third-order valence-electron chi connectivity index (χ3n) is 4.22. The Bertz CT molecular complexity index is 672. The van der Waals surface area contributed by atoms with E-state index in [2.05, 4.69) is 5.32 Å². The smallest absolute Gasteiger partial charge is 0.326 e. The molecule has 0 aliphatic carbocycles. The summed E-state index contributed by atoms with van der Waals surface area (Å²) in [7, 11) is 0. The van der Waals surface area contributed by atoms with Gasteiger partial charge in [0.15, 0.2) is 11.9 Å². The monoisotopic (exact) mass is 318 g/mol. The summed E-state index contributed by atoms with van der Waals surface area (Å²) in [4.78, 5) is 37.3. The minimum Gasteiger partial charge on any atom is -0.480 e. The van der Waals surface area contributed by atoms with Crippen molar-refractivity contribution in [3.05, 3.63) is 23.8 Å². The molecule has 7 nitrogen and oxygen atoms in total. The highest BCUT2D eigenvalue weighted by Gasteiger charge is 2.35. The van der Waals surface area contributed by atoms with Crippen molar-refractivity contribution in [2.24, 2.45) is 0 Å². The van der Waals surface area contributed by atoms with Gasteiger partial charge in [0, 0.05) is 6.54 Å². The number of anilines is 1. The van der Waals surface area contributed by atoms with E-state index in [0.717, 1.165) is 12.8 Å². The molecule has 3 rings (SSSR count). The fourth-order valence-corrected chi connectivity index (χ4v) is 2.98. The lowest BCUT2D eigenvalue weighted by molar-refractivity contribution is -0.143. The van der Waals surface area contributed by atoms with Crippen molar-refractivity contribution in [1.82, 2.24) is 4.90 Å². The highest BCUT2D eigenvalue weighted by molar-refractivity contribution is 6.04. The van der Waals surface area contributed by atoms with Crippen LogP contribution in [0.2, 0.25) is 0 Å². The van der Waals surface area contributed by atoms with Crippen molar-refractivity contribution < 1.29 is 24.2 Å². The number of aliphatic carboxylic acids is 1. The molecule has 1 unspecified atom stereocenters. The van der Waals surface area contributed by atoms with Gasteiger partial charge in [0.2, 0.25) is 0 Å². The van der Waals surface area contributed by atoms with E-state index >= 15 is 0 Å². The molecule has 0 bridgehead atoms. The molecule has 2 N–H and O–H groups in total. The molecule has 1 aromatic rings. The Balaban J connectivity index is 1.95. The zero-order valence-corrected chi connectivity index (χ0v) is 12.7. The van der Waals surface area contributed by atoms with Gasteiger partial charge in [-0.3, -0.25) is 9.59 Å². The van der Waals surface area contributed by atoms with Crippen LogP contribution in [0.3, 0.4) is 0 Å². The maximum Gasteiger partial charge on any atom is 0.326 e. The molecule has 1 fully saturated rings. The Labute approximate surface area is 133 Å². The molecule has 0 spiro atoms. The number of para-hydroxylation sites is 1. The fraction of sp³-hybridized carbons (Fsp3) is 0.438. The summed E-state index contributed by atoms with van der Waals surface area (Å²) in [5.74, 6) is -1.34. The Morgan fingerprint density at radius 3 is 2.87 bits per heavy atom. The second-order valence-electron chi connectivity index (χ2n) is 5.78. The molecule has 0 saturated carbocycles. The van der Waals surface area contributed by atoms with Gasteiger partial charge < -0.3 is 20.1 Å². The predicted molar refractivity (Wildman–Crippen MR) is 81.5 cm³/mol. The molecule has 0 aromatic heterocycles. The minimum absolute atomic E-state index is 0.275. The number of hydrogen-bond acceptors (Lipinski definition) is 4. The van der Waals surface area contributed by atoms with Gasteiger partial charge in [-0.2, -0.15) is 0 Å². The van der Waals surface area contributed by atoms with Crippen molar-refractivity contribution in [2.75, 3.05) is 11.9 Å². The molecule has 0 radical (unpaired) electrons. The normalized spacial score (nSPS) is 23.5. The number of piperidine rings is 1. The van der Waals surface area contributed by atoms with Crippen LogP contribution in [0, 0.1) is 0 Å². The molecule has 1 saturated heterocycles. The first-order valence-electron chi connectivity index (χ1n) is 7.63. The van der Waals surface area contributed by atoms with Gasteiger partial charge in [0.1, 0.15) is 6.04 Å². The topological polar surface area (TPSA) is 95.9 Å². The first-order chi connectivity index (χ1) is 11.0. The van der Waals surface area contributed by atoms with Crippen molar-refractivity contribution in [1.29, 1.82) is 0 Å². The minimum atomic E-state index is -0.995. The maximum atomic E-state index is 12.8. The molecule has 2 amide bonds. The van der Waals surface area contributed by atoms with E-state index in [0.29, 0.717) is 24.4 Å². The van der Waals surface area contributed by atoms with Crippen LogP contribution in [0.15, 0.2) is 18.2 Å². The van der Waals surface area contributed by atoms with Crippen molar-refractivity contribution in [2.45, 2.75) is 38.3 Å². The summed E-state index contributed by atoms with van der Waals surface area (Å²) in [5, 5.41) is 12.0. The number of rotatable bonds is 2. The lowest BCUT2D eigenvalue weighted by atomic mass is 10.00. The van der Waals surface area contributed by atoms with E-state index in [-0.39, 0.29) is 17.4 Å². The SMILES string of the molecule is CC1Oc2c(cccc2C(=O)N2CCCC[C@@H]2C(=O)O)NC1=O. The highest BCUT2D eigenvalue weighted by atomic mass is 16.5. The summed E-state index contributed by atoms with van der Waals surface area (Å²) in [6, 6.07) is 4.08. The molecular weight excluding hydrogens is 300 g/mol. The highest BCUT2D eigenvalue weighted by Crippen LogP contribution is 2.35. The molecule has 2 atom stereocenters. The Morgan fingerprint density at radius 2 is 2.13 bits per heavy atom. The summed E-state index contributed by atoms with van der Waals surface area (Å²) >= 11 is 0. The third-order valence-corrected chi connectivity index (χ3v) is 4.22. The fourth-order valence-electron chi connectivity index (χ4n) is 2.98. The van der Waals surface area contributed by atoms with Crippen LogP contribution in [-0.4, -0.2) is 46.5 Å². The van der Waals surface area contributed by atoms with Gasteiger partial charge in [0.05, 0.1) is 11.3 Å². The standard InChI is InChI=1S/C16H18N2O5/c1-9-14(19)17-11-6-4-5-10(13(11)23-9)15(20)18-8-3-2-7-12(18)16(21)22/h4-6,9,12H,2-3,7-8H2,1H3,(H,17,19)(H,21,22)/t9?,12-/m1/s1. The number of likely N-dealkylation sites (tertiary alicyclic amines) is 1. The van der Waals surface area contributed by atoms with Gasteiger partial charge >= 0.3 is 5.97 Å². The number of ether oxygens (including phenoxy) is 1. The van der Waals surface area contributed by atoms with Crippen LogP contribution in [-0.2, 0) is 9.59 Å². The number of nitrogens with one attached hydrogen (secondary N) is 1. The average Bonchev–Trinajstić information content (AvgIpc) is 2.54. The zero-order valence-electron chi connectivity index (χ0n) is 12.7. The molecule has 7 heteroatoms. The number of nitrogens with zero attached hydrogens (tertiary/aromatic N) is 1. The van der Waals surface area contributed by atoms with Gasteiger partial charge in [-0.25, -0.2) is 4.79 Å². The quantitative estimate of drug-likeness (QED) is 0.861. The van der Waals surface area contributed by atoms with Crippen LogP contribution < -0.4 is 10.1 Å². The molecule has 1 aromatic carbocycles. The average molecular weight is 318 g/mol. The lowest BCUT2D eigenvalue weighted by Gasteiger charge is -2.34. The number of carboxylic acid groups (broad SMARTS) is 1. The number of carbonyl (C=O) groups is 3. The molecule has 122 valence electrons.